The number of methoxy groups -OCH3 is 1. The maximum atomic E-state index is 12.0. The number of morpholine rings is 1. The van der Waals surface area contributed by atoms with E-state index in [-0.39, 0.29) is 0 Å². The highest BCUT2D eigenvalue weighted by Crippen LogP contribution is 2.24. The van der Waals surface area contributed by atoms with E-state index in [4.69, 9.17) is 9.47 Å². The number of aryl methyl sites for hydroxylation is 1. The molecule has 0 bridgehead atoms. The van der Waals surface area contributed by atoms with Crippen molar-refractivity contribution in [2.75, 3.05) is 51.8 Å². The van der Waals surface area contributed by atoms with E-state index < -0.39 is 11.8 Å². The zero-order valence-corrected chi connectivity index (χ0v) is 13.6. The fraction of sp³-hybridized carbons (Fsp3) is 0.500. The van der Waals surface area contributed by atoms with Crippen LogP contribution in [0.5, 0.6) is 5.75 Å². The number of benzene rings is 1. The molecule has 0 radical (unpaired) electrons. The Hall–Kier alpha value is -2.12. The Morgan fingerprint density at radius 3 is 2.70 bits per heavy atom. The number of rotatable bonds is 5. The molecule has 1 aromatic carbocycles. The molecule has 1 aliphatic rings. The number of carbonyl (C=O) groups is 2. The minimum Gasteiger partial charge on any atom is -0.495 e. The number of carbonyl (C=O) groups excluding carboxylic acids is 2. The summed E-state index contributed by atoms with van der Waals surface area (Å²) in [6.07, 6.45) is 0. The van der Waals surface area contributed by atoms with Crippen LogP contribution in [0.15, 0.2) is 18.2 Å². The highest BCUT2D eigenvalue weighted by Gasteiger charge is 2.16. The summed E-state index contributed by atoms with van der Waals surface area (Å²) in [5.74, 6) is -0.831. The van der Waals surface area contributed by atoms with Crippen molar-refractivity contribution < 1.29 is 19.1 Å². The van der Waals surface area contributed by atoms with Gasteiger partial charge >= 0.3 is 11.8 Å². The summed E-state index contributed by atoms with van der Waals surface area (Å²) in [4.78, 5) is 26.0. The lowest BCUT2D eigenvalue weighted by atomic mass is 10.2. The standard InChI is InChI=1S/C16H23N3O4/c1-12-3-4-14(22-2)13(11-12)18-16(21)15(20)17-5-6-19-7-9-23-10-8-19/h3-4,11H,5-10H2,1-2H3,(H,17,20)(H,18,21). The first-order valence-electron chi connectivity index (χ1n) is 7.64. The number of anilines is 1. The normalized spacial score (nSPS) is 15.0. The van der Waals surface area contributed by atoms with Crippen molar-refractivity contribution >= 4 is 17.5 Å². The third kappa shape index (κ3) is 5.22. The molecule has 126 valence electrons. The van der Waals surface area contributed by atoms with Crippen molar-refractivity contribution in [3.05, 3.63) is 23.8 Å². The Kier molecular flexibility index (Phi) is 6.37. The third-order valence-electron chi connectivity index (χ3n) is 3.63. The zero-order valence-electron chi connectivity index (χ0n) is 13.6. The SMILES string of the molecule is COc1ccc(C)cc1NC(=O)C(=O)NCCN1CCOCC1. The van der Waals surface area contributed by atoms with E-state index in [1.165, 1.54) is 7.11 Å². The maximum absolute atomic E-state index is 12.0. The minimum atomic E-state index is -0.698. The summed E-state index contributed by atoms with van der Waals surface area (Å²) >= 11 is 0. The molecule has 0 aromatic heterocycles. The van der Waals surface area contributed by atoms with E-state index in [1.54, 1.807) is 12.1 Å². The molecule has 2 amide bonds. The molecule has 2 N–H and O–H groups in total. The van der Waals surface area contributed by atoms with Gasteiger partial charge in [0, 0.05) is 26.2 Å². The molecule has 0 saturated carbocycles. The summed E-state index contributed by atoms with van der Waals surface area (Å²) < 4.78 is 10.4. The fourth-order valence-corrected chi connectivity index (χ4v) is 2.33. The largest absolute Gasteiger partial charge is 0.495 e. The van der Waals surface area contributed by atoms with Crippen molar-refractivity contribution in [2.45, 2.75) is 6.92 Å². The van der Waals surface area contributed by atoms with Gasteiger partial charge in [-0.25, -0.2) is 0 Å². The molecule has 7 nitrogen and oxygen atoms in total. The van der Waals surface area contributed by atoms with Crippen LogP contribution in [0.4, 0.5) is 5.69 Å². The Balaban J connectivity index is 1.80. The second kappa shape index (κ2) is 8.50. The third-order valence-corrected chi connectivity index (χ3v) is 3.63. The van der Waals surface area contributed by atoms with Gasteiger partial charge in [0.1, 0.15) is 5.75 Å². The summed E-state index contributed by atoms with van der Waals surface area (Å²) in [7, 11) is 1.52. The molecule has 1 aliphatic heterocycles. The van der Waals surface area contributed by atoms with Crippen molar-refractivity contribution in [3.8, 4) is 5.75 Å². The molecule has 1 saturated heterocycles. The summed E-state index contributed by atoms with van der Waals surface area (Å²) in [5, 5.41) is 5.21. The van der Waals surface area contributed by atoms with Gasteiger partial charge in [0.25, 0.3) is 0 Å². The smallest absolute Gasteiger partial charge is 0.313 e. The molecule has 1 heterocycles. The lowest BCUT2D eigenvalue weighted by molar-refractivity contribution is -0.136. The molecular weight excluding hydrogens is 298 g/mol. The molecule has 7 heteroatoms. The van der Waals surface area contributed by atoms with Crippen LogP contribution in [0.1, 0.15) is 5.56 Å². The molecule has 0 spiro atoms. The first-order chi connectivity index (χ1) is 11.1. The average molecular weight is 321 g/mol. The van der Waals surface area contributed by atoms with Crippen LogP contribution in [0, 0.1) is 6.92 Å². The van der Waals surface area contributed by atoms with E-state index in [0.29, 0.717) is 37.7 Å². The molecule has 23 heavy (non-hydrogen) atoms. The number of nitrogens with one attached hydrogen (secondary N) is 2. The number of ether oxygens (including phenoxy) is 2. The Morgan fingerprint density at radius 2 is 2.00 bits per heavy atom. The summed E-state index contributed by atoms with van der Waals surface area (Å²) in [5.41, 5.74) is 1.45. The topological polar surface area (TPSA) is 79.9 Å². The minimum absolute atomic E-state index is 0.428. The van der Waals surface area contributed by atoms with Crippen LogP contribution in [-0.2, 0) is 14.3 Å². The van der Waals surface area contributed by atoms with Crippen LogP contribution in [0.2, 0.25) is 0 Å². The summed E-state index contributed by atoms with van der Waals surface area (Å²) in [6, 6.07) is 5.38. The van der Waals surface area contributed by atoms with Gasteiger partial charge in [-0.05, 0) is 24.6 Å². The monoisotopic (exact) mass is 321 g/mol. The van der Waals surface area contributed by atoms with Gasteiger partial charge < -0.3 is 20.1 Å². The van der Waals surface area contributed by atoms with Crippen LogP contribution < -0.4 is 15.4 Å². The van der Waals surface area contributed by atoms with Gasteiger partial charge in [-0.3, -0.25) is 14.5 Å². The number of hydrogen-bond acceptors (Lipinski definition) is 5. The average Bonchev–Trinajstić information content (AvgIpc) is 2.56. The van der Waals surface area contributed by atoms with Crippen LogP contribution in [0.3, 0.4) is 0 Å². The molecule has 1 aromatic rings. The van der Waals surface area contributed by atoms with E-state index in [2.05, 4.69) is 15.5 Å². The van der Waals surface area contributed by atoms with E-state index >= 15 is 0 Å². The Labute approximate surface area is 135 Å². The van der Waals surface area contributed by atoms with Gasteiger partial charge in [0.2, 0.25) is 0 Å². The molecule has 1 fully saturated rings. The Bertz CT molecular complexity index is 556. The zero-order chi connectivity index (χ0) is 16.7. The van der Waals surface area contributed by atoms with E-state index in [9.17, 15) is 9.59 Å². The molecule has 2 rings (SSSR count). The second-order valence-electron chi connectivity index (χ2n) is 5.37. The number of amides is 2. The van der Waals surface area contributed by atoms with Crippen molar-refractivity contribution in [3.63, 3.8) is 0 Å². The predicted octanol–water partition coefficient (Wildman–Crippen LogP) is 0.391. The van der Waals surface area contributed by atoms with Crippen molar-refractivity contribution in [1.82, 2.24) is 10.2 Å². The van der Waals surface area contributed by atoms with Crippen LogP contribution in [0.25, 0.3) is 0 Å². The first kappa shape index (κ1) is 17.2. The van der Waals surface area contributed by atoms with Gasteiger partial charge in [0.15, 0.2) is 0 Å². The quantitative estimate of drug-likeness (QED) is 0.767. The fourth-order valence-electron chi connectivity index (χ4n) is 2.33. The highest BCUT2D eigenvalue weighted by atomic mass is 16.5. The molecule has 0 atom stereocenters. The van der Waals surface area contributed by atoms with Gasteiger partial charge in [-0.2, -0.15) is 0 Å². The van der Waals surface area contributed by atoms with Crippen molar-refractivity contribution in [1.29, 1.82) is 0 Å². The predicted molar refractivity (Wildman–Crippen MR) is 86.6 cm³/mol. The van der Waals surface area contributed by atoms with E-state index in [1.807, 2.05) is 13.0 Å². The van der Waals surface area contributed by atoms with Gasteiger partial charge in [-0.15, -0.1) is 0 Å². The van der Waals surface area contributed by atoms with E-state index in [0.717, 1.165) is 18.7 Å². The summed E-state index contributed by atoms with van der Waals surface area (Å²) in [6.45, 7) is 6.15. The van der Waals surface area contributed by atoms with Gasteiger partial charge in [-0.1, -0.05) is 6.07 Å². The second-order valence-corrected chi connectivity index (χ2v) is 5.37. The molecular formula is C16H23N3O4. The first-order valence-corrected chi connectivity index (χ1v) is 7.64. The van der Waals surface area contributed by atoms with Crippen LogP contribution >= 0.6 is 0 Å². The van der Waals surface area contributed by atoms with Gasteiger partial charge in [0.05, 0.1) is 26.0 Å². The highest BCUT2D eigenvalue weighted by molar-refractivity contribution is 6.39. The van der Waals surface area contributed by atoms with Crippen molar-refractivity contribution in [2.24, 2.45) is 0 Å². The molecule has 0 aliphatic carbocycles. The number of hydrogen-bond donors (Lipinski definition) is 2. The lowest BCUT2D eigenvalue weighted by Crippen LogP contribution is -2.43. The number of nitrogens with zero attached hydrogens (tertiary/aromatic N) is 1. The van der Waals surface area contributed by atoms with Crippen LogP contribution in [-0.4, -0.2) is 63.2 Å². The molecule has 0 unspecified atom stereocenters. The Morgan fingerprint density at radius 1 is 1.26 bits per heavy atom. The maximum Gasteiger partial charge on any atom is 0.313 e. The lowest BCUT2D eigenvalue weighted by Gasteiger charge is -2.26.